The van der Waals surface area contributed by atoms with Crippen molar-refractivity contribution in [1.29, 1.82) is 0 Å². The van der Waals surface area contributed by atoms with Crippen LogP contribution in [0.3, 0.4) is 0 Å². The largest absolute Gasteiger partial charge is 0.494 e. The molecule has 1 aliphatic carbocycles. The maximum absolute atomic E-state index is 12.3. The third-order valence-corrected chi connectivity index (χ3v) is 5.58. The number of benzene rings is 1. The van der Waals surface area contributed by atoms with Crippen molar-refractivity contribution in [2.45, 2.75) is 71.0 Å². The van der Waals surface area contributed by atoms with Crippen LogP contribution in [0.2, 0.25) is 0 Å². The highest BCUT2D eigenvalue weighted by Crippen LogP contribution is 2.38. The minimum atomic E-state index is -0.409. The average molecular weight is 300 g/mol. The molecule has 2 aliphatic rings. The highest BCUT2D eigenvalue weighted by atomic mass is 16.7. The molecule has 1 aromatic rings. The normalized spacial score (nSPS) is 25.2. The topological polar surface area (TPSA) is 35.5 Å². The number of carbonyl (C=O) groups is 1. The van der Waals surface area contributed by atoms with Gasteiger partial charge in [-0.3, -0.25) is 4.79 Å². The minimum absolute atomic E-state index is 0.0533. The fourth-order valence-electron chi connectivity index (χ4n) is 3.20. The zero-order valence-corrected chi connectivity index (χ0v) is 14.4. The Morgan fingerprint density at radius 1 is 1.00 bits per heavy atom. The molecule has 1 fully saturated rings. The number of hydrogen-bond donors (Lipinski definition) is 0. The Morgan fingerprint density at radius 3 is 2.18 bits per heavy atom. The van der Waals surface area contributed by atoms with Gasteiger partial charge in [-0.25, -0.2) is 0 Å². The van der Waals surface area contributed by atoms with Gasteiger partial charge in [-0.1, -0.05) is 32.0 Å². The summed E-state index contributed by atoms with van der Waals surface area (Å²) >= 11 is 0. The average Bonchev–Trinajstić information content (AvgIpc) is 2.63. The van der Waals surface area contributed by atoms with E-state index in [-0.39, 0.29) is 22.4 Å². The molecule has 3 nitrogen and oxygen atoms in total. The van der Waals surface area contributed by atoms with Crippen molar-refractivity contribution in [2.24, 2.45) is 0 Å². The van der Waals surface area contributed by atoms with E-state index in [9.17, 15) is 4.79 Å². The van der Waals surface area contributed by atoms with E-state index in [4.69, 9.17) is 9.31 Å². The summed E-state index contributed by atoms with van der Waals surface area (Å²) in [5.41, 5.74) is 2.24. The fraction of sp³-hybridized carbons (Fsp3) is 0.611. The van der Waals surface area contributed by atoms with Gasteiger partial charge in [0.05, 0.1) is 11.2 Å². The lowest BCUT2D eigenvalue weighted by atomic mass is 9.69. The number of ketones is 1. The Balaban J connectivity index is 1.99. The van der Waals surface area contributed by atoms with Gasteiger partial charge in [0.15, 0.2) is 5.78 Å². The van der Waals surface area contributed by atoms with Crippen molar-refractivity contribution in [3.05, 3.63) is 29.3 Å². The van der Waals surface area contributed by atoms with Crippen LogP contribution in [0.1, 0.15) is 70.3 Å². The van der Waals surface area contributed by atoms with E-state index in [1.807, 2.05) is 39.8 Å². The van der Waals surface area contributed by atoms with Gasteiger partial charge in [0.2, 0.25) is 0 Å². The monoisotopic (exact) mass is 300 g/mol. The molecular formula is C18H25BO3. The second-order valence-corrected chi connectivity index (χ2v) is 8.20. The van der Waals surface area contributed by atoms with Gasteiger partial charge < -0.3 is 9.31 Å². The van der Waals surface area contributed by atoms with Gasteiger partial charge in [0, 0.05) is 12.0 Å². The first kappa shape index (κ1) is 15.8. The van der Waals surface area contributed by atoms with E-state index < -0.39 is 7.12 Å². The van der Waals surface area contributed by atoms with Crippen LogP contribution in [0.25, 0.3) is 0 Å². The summed E-state index contributed by atoms with van der Waals surface area (Å²) in [5, 5.41) is 0. The number of rotatable bonds is 1. The van der Waals surface area contributed by atoms with Crippen molar-refractivity contribution in [2.75, 3.05) is 0 Å². The molecule has 1 heterocycles. The molecule has 22 heavy (non-hydrogen) atoms. The molecule has 118 valence electrons. The molecular weight excluding hydrogens is 275 g/mol. The Hall–Kier alpha value is -1.13. The molecule has 0 amide bonds. The van der Waals surface area contributed by atoms with Gasteiger partial charge in [-0.15, -0.1) is 0 Å². The second kappa shape index (κ2) is 4.69. The molecule has 0 radical (unpaired) electrons. The number of hydrogen-bond acceptors (Lipinski definition) is 3. The molecule has 0 bridgehead atoms. The van der Waals surface area contributed by atoms with Crippen molar-refractivity contribution in [1.82, 2.24) is 0 Å². The summed E-state index contributed by atoms with van der Waals surface area (Å²) in [5.74, 6) is 0.229. The third-order valence-electron chi connectivity index (χ3n) is 5.58. The first-order chi connectivity index (χ1) is 10.0. The van der Waals surface area contributed by atoms with Crippen LogP contribution in [-0.2, 0) is 14.7 Å². The summed E-state index contributed by atoms with van der Waals surface area (Å²) in [6, 6.07) is 6.09. The lowest BCUT2D eigenvalue weighted by Crippen LogP contribution is -2.41. The molecule has 1 saturated heterocycles. The minimum Gasteiger partial charge on any atom is -0.399 e. The first-order valence-electron chi connectivity index (χ1n) is 8.07. The molecule has 0 spiro atoms. The highest BCUT2D eigenvalue weighted by Gasteiger charge is 2.52. The van der Waals surface area contributed by atoms with E-state index in [2.05, 4.69) is 19.9 Å². The lowest BCUT2D eigenvalue weighted by molar-refractivity contribution is 0.00578. The SMILES string of the molecule is CC1(C)CCC(=O)c2cc(B3OC(C)(C)C(C)(C)O3)ccc21. The van der Waals surface area contributed by atoms with Crippen molar-refractivity contribution in [3.8, 4) is 0 Å². The quantitative estimate of drug-likeness (QED) is 0.747. The van der Waals surface area contributed by atoms with Crippen LogP contribution in [0.5, 0.6) is 0 Å². The smallest absolute Gasteiger partial charge is 0.399 e. The summed E-state index contributed by atoms with van der Waals surface area (Å²) in [4.78, 5) is 12.3. The maximum atomic E-state index is 12.3. The van der Waals surface area contributed by atoms with Crippen LogP contribution in [0.4, 0.5) is 0 Å². The Bertz CT molecular complexity index is 615. The summed E-state index contributed by atoms with van der Waals surface area (Å²) < 4.78 is 12.2. The van der Waals surface area contributed by atoms with Gasteiger partial charge in [-0.05, 0) is 50.6 Å². The lowest BCUT2D eigenvalue weighted by Gasteiger charge is -2.32. The van der Waals surface area contributed by atoms with Crippen molar-refractivity contribution < 1.29 is 14.1 Å². The number of carbonyl (C=O) groups excluding carboxylic acids is 1. The molecule has 1 aliphatic heterocycles. The fourth-order valence-corrected chi connectivity index (χ4v) is 3.20. The van der Waals surface area contributed by atoms with Gasteiger partial charge in [-0.2, -0.15) is 0 Å². The van der Waals surface area contributed by atoms with Crippen LogP contribution >= 0.6 is 0 Å². The van der Waals surface area contributed by atoms with Crippen molar-refractivity contribution >= 4 is 18.4 Å². The molecule has 4 heteroatoms. The maximum Gasteiger partial charge on any atom is 0.494 e. The zero-order chi connectivity index (χ0) is 16.3. The number of fused-ring (bicyclic) bond motifs is 1. The predicted octanol–water partition coefficient (Wildman–Crippen LogP) is 3.24. The summed E-state index contributed by atoms with van der Waals surface area (Å²) in [6.07, 6.45) is 1.53. The molecule has 0 aromatic heterocycles. The first-order valence-corrected chi connectivity index (χ1v) is 8.07. The molecule has 0 unspecified atom stereocenters. The highest BCUT2D eigenvalue weighted by molar-refractivity contribution is 6.62. The molecule has 0 atom stereocenters. The van der Waals surface area contributed by atoms with Gasteiger partial charge >= 0.3 is 7.12 Å². The molecule has 3 rings (SSSR count). The Kier molecular flexibility index (Phi) is 3.36. The van der Waals surface area contributed by atoms with Gasteiger partial charge in [0.25, 0.3) is 0 Å². The van der Waals surface area contributed by atoms with Crippen LogP contribution in [0, 0.1) is 0 Å². The number of Topliss-reactive ketones (excluding diaryl/α,β-unsaturated/α-hetero) is 1. The van der Waals surface area contributed by atoms with E-state index >= 15 is 0 Å². The third kappa shape index (κ3) is 2.33. The molecule has 0 N–H and O–H groups in total. The predicted molar refractivity (Wildman–Crippen MR) is 88.7 cm³/mol. The molecule has 0 saturated carbocycles. The zero-order valence-electron chi connectivity index (χ0n) is 14.4. The van der Waals surface area contributed by atoms with Crippen molar-refractivity contribution in [3.63, 3.8) is 0 Å². The van der Waals surface area contributed by atoms with Crippen LogP contribution in [-0.4, -0.2) is 24.1 Å². The summed E-state index contributed by atoms with van der Waals surface area (Å²) in [7, 11) is -0.409. The Morgan fingerprint density at radius 2 is 1.59 bits per heavy atom. The Labute approximate surface area is 133 Å². The molecule has 1 aromatic carbocycles. The standard InChI is InChI=1S/C18H25BO3/c1-16(2)10-9-15(20)13-11-12(7-8-14(13)16)19-21-17(3,4)18(5,6)22-19/h7-8,11H,9-10H2,1-6H3. The van der Waals surface area contributed by atoms with Crippen LogP contribution in [0.15, 0.2) is 18.2 Å². The van der Waals surface area contributed by atoms with E-state index in [0.29, 0.717) is 6.42 Å². The van der Waals surface area contributed by atoms with E-state index in [1.165, 1.54) is 0 Å². The van der Waals surface area contributed by atoms with Crippen LogP contribution < -0.4 is 5.46 Å². The second-order valence-electron chi connectivity index (χ2n) is 8.20. The van der Waals surface area contributed by atoms with E-state index in [1.54, 1.807) is 0 Å². The van der Waals surface area contributed by atoms with Gasteiger partial charge in [0.1, 0.15) is 0 Å². The summed E-state index contributed by atoms with van der Waals surface area (Å²) in [6.45, 7) is 12.6. The van der Waals surface area contributed by atoms with E-state index in [0.717, 1.165) is 23.0 Å².